The molecule has 0 fully saturated rings. The first-order valence-electron chi connectivity index (χ1n) is 6.02. The zero-order chi connectivity index (χ0) is 13.9. The van der Waals surface area contributed by atoms with Crippen LogP contribution in [0.5, 0.6) is 0 Å². The van der Waals surface area contributed by atoms with Gasteiger partial charge >= 0.3 is 6.01 Å². The molecule has 0 spiro atoms. The Bertz CT molecular complexity index is 530. The van der Waals surface area contributed by atoms with Gasteiger partial charge in [-0.25, -0.2) is 0 Å². The fourth-order valence-electron chi connectivity index (χ4n) is 1.37. The highest BCUT2D eigenvalue weighted by Gasteiger charge is 2.12. The second-order valence-corrected chi connectivity index (χ2v) is 6.48. The van der Waals surface area contributed by atoms with Gasteiger partial charge in [0.25, 0.3) is 0 Å². The molecule has 0 saturated carbocycles. The number of rotatable bonds is 4. The van der Waals surface area contributed by atoms with Gasteiger partial charge in [0.2, 0.25) is 5.89 Å². The van der Waals surface area contributed by atoms with Gasteiger partial charge in [0.1, 0.15) is 0 Å². The predicted molar refractivity (Wildman–Crippen MR) is 83.3 cm³/mol. The fourth-order valence-corrected chi connectivity index (χ4v) is 1.73. The minimum Gasteiger partial charge on any atom is -0.406 e. The van der Waals surface area contributed by atoms with E-state index < -0.39 is 0 Å². The molecule has 1 heterocycles. The maximum absolute atomic E-state index is 5.52. The van der Waals surface area contributed by atoms with Crippen molar-refractivity contribution in [1.82, 2.24) is 15.5 Å². The smallest absolute Gasteiger partial charge is 0.320 e. The normalized spacial score (nSPS) is 11.6. The average molecular weight is 372 g/mol. The Morgan fingerprint density at radius 2 is 1.84 bits per heavy atom. The second kappa shape index (κ2) is 5.87. The summed E-state index contributed by atoms with van der Waals surface area (Å²) in [5, 5.41) is 14.3. The van der Waals surface area contributed by atoms with E-state index in [9.17, 15) is 0 Å². The Balaban J connectivity index is 1.95. The third-order valence-electron chi connectivity index (χ3n) is 2.33. The minimum absolute atomic E-state index is 0.0260. The fraction of sp³-hybridized carbons (Fsp3) is 0.385. The van der Waals surface area contributed by atoms with Gasteiger partial charge in [-0.1, -0.05) is 5.10 Å². The van der Waals surface area contributed by atoms with Gasteiger partial charge in [-0.2, -0.15) is 0 Å². The number of aromatic nitrogens is 2. The topological polar surface area (TPSA) is 63.0 Å². The average Bonchev–Trinajstić information content (AvgIpc) is 2.77. The zero-order valence-corrected chi connectivity index (χ0v) is 13.4. The van der Waals surface area contributed by atoms with Crippen LogP contribution in [0.25, 0.3) is 0 Å². The van der Waals surface area contributed by atoms with E-state index in [-0.39, 0.29) is 5.54 Å². The summed E-state index contributed by atoms with van der Waals surface area (Å²) >= 11 is 2.26. The Hall–Kier alpha value is -1.15. The third kappa shape index (κ3) is 4.79. The van der Waals surface area contributed by atoms with Gasteiger partial charge in [-0.3, -0.25) is 0 Å². The maximum Gasteiger partial charge on any atom is 0.320 e. The summed E-state index contributed by atoms with van der Waals surface area (Å²) in [6.07, 6.45) is 0. The van der Waals surface area contributed by atoms with E-state index in [1.54, 1.807) is 0 Å². The molecule has 2 aromatic rings. The van der Waals surface area contributed by atoms with E-state index in [0.29, 0.717) is 18.5 Å². The SMILES string of the molecule is CC(C)(C)NCc1nnc(Nc2ccc(I)cc2)o1. The van der Waals surface area contributed by atoms with Crippen molar-refractivity contribution in [2.45, 2.75) is 32.9 Å². The number of halogens is 1. The lowest BCUT2D eigenvalue weighted by Crippen LogP contribution is -2.35. The molecule has 0 aliphatic heterocycles. The highest BCUT2D eigenvalue weighted by molar-refractivity contribution is 14.1. The molecule has 0 aliphatic rings. The maximum atomic E-state index is 5.52. The lowest BCUT2D eigenvalue weighted by atomic mass is 10.1. The quantitative estimate of drug-likeness (QED) is 0.807. The van der Waals surface area contributed by atoms with Crippen molar-refractivity contribution in [3.05, 3.63) is 33.7 Å². The molecule has 5 nitrogen and oxygen atoms in total. The van der Waals surface area contributed by atoms with Crippen LogP contribution in [0.15, 0.2) is 28.7 Å². The molecule has 0 amide bonds. The van der Waals surface area contributed by atoms with Crippen LogP contribution >= 0.6 is 22.6 Å². The van der Waals surface area contributed by atoms with E-state index in [2.05, 4.69) is 64.2 Å². The molecule has 0 saturated heterocycles. The summed E-state index contributed by atoms with van der Waals surface area (Å²) in [6.45, 7) is 6.83. The summed E-state index contributed by atoms with van der Waals surface area (Å²) in [5.41, 5.74) is 0.956. The summed E-state index contributed by atoms with van der Waals surface area (Å²) in [7, 11) is 0. The van der Waals surface area contributed by atoms with E-state index in [0.717, 1.165) is 5.69 Å². The summed E-state index contributed by atoms with van der Waals surface area (Å²) in [4.78, 5) is 0. The molecule has 0 bridgehead atoms. The molecule has 0 aliphatic carbocycles. The first-order chi connectivity index (χ1) is 8.92. The Morgan fingerprint density at radius 3 is 2.47 bits per heavy atom. The van der Waals surface area contributed by atoms with E-state index in [1.165, 1.54) is 3.57 Å². The number of benzene rings is 1. The molecular formula is C13H17IN4O. The van der Waals surface area contributed by atoms with Crippen LogP contribution in [-0.2, 0) is 6.54 Å². The Morgan fingerprint density at radius 1 is 1.16 bits per heavy atom. The number of nitrogens with zero attached hydrogens (tertiary/aromatic N) is 2. The Labute approximate surface area is 126 Å². The molecule has 19 heavy (non-hydrogen) atoms. The van der Waals surface area contributed by atoms with Gasteiger partial charge < -0.3 is 15.1 Å². The Kier molecular flexibility index (Phi) is 4.41. The molecule has 0 unspecified atom stereocenters. The van der Waals surface area contributed by atoms with Crippen molar-refractivity contribution < 1.29 is 4.42 Å². The van der Waals surface area contributed by atoms with E-state index >= 15 is 0 Å². The number of hydrogen-bond donors (Lipinski definition) is 2. The summed E-state index contributed by atoms with van der Waals surface area (Å²) in [5.74, 6) is 0.572. The van der Waals surface area contributed by atoms with Gasteiger partial charge in [-0.05, 0) is 67.6 Å². The summed E-state index contributed by atoms with van der Waals surface area (Å²) < 4.78 is 6.70. The minimum atomic E-state index is 0.0260. The molecule has 1 aromatic heterocycles. The molecule has 2 N–H and O–H groups in total. The first-order valence-corrected chi connectivity index (χ1v) is 7.10. The standard InChI is InChI=1S/C13H17IN4O/c1-13(2,3)15-8-11-17-18-12(19-11)16-10-6-4-9(14)5-7-10/h4-7,15H,8H2,1-3H3,(H,16,18). The number of hydrogen-bond acceptors (Lipinski definition) is 5. The van der Waals surface area contributed by atoms with Crippen LogP contribution in [-0.4, -0.2) is 15.7 Å². The molecule has 102 valence electrons. The number of nitrogens with one attached hydrogen (secondary N) is 2. The third-order valence-corrected chi connectivity index (χ3v) is 3.05. The van der Waals surface area contributed by atoms with Crippen LogP contribution in [0.4, 0.5) is 11.7 Å². The van der Waals surface area contributed by atoms with Crippen molar-refractivity contribution in [3.8, 4) is 0 Å². The lowest BCUT2D eigenvalue weighted by Gasteiger charge is -2.18. The van der Waals surface area contributed by atoms with Gasteiger partial charge in [0.05, 0.1) is 6.54 Å². The van der Waals surface area contributed by atoms with Gasteiger partial charge in [-0.15, -0.1) is 5.10 Å². The van der Waals surface area contributed by atoms with Crippen LogP contribution in [0.2, 0.25) is 0 Å². The molecular weight excluding hydrogens is 355 g/mol. The first kappa shape index (κ1) is 14.3. The molecule has 6 heteroatoms. The molecule has 2 rings (SSSR count). The highest BCUT2D eigenvalue weighted by atomic mass is 127. The van der Waals surface area contributed by atoms with Crippen LogP contribution in [0.3, 0.4) is 0 Å². The van der Waals surface area contributed by atoms with Crippen molar-refractivity contribution in [1.29, 1.82) is 0 Å². The number of anilines is 2. The van der Waals surface area contributed by atoms with E-state index in [1.807, 2.05) is 24.3 Å². The van der Waals surface area contributed by atoms with E-state index in [4.69, 9.17) is 4.42 Å². The van der Waals surface area contributed by atoms with Gasteiger partial charge in [0.15, 0.2) is 0 Å². The summed E-state index contributed by atoms with van der Waals surface area (Å²) in [6, 6.07) is 8.38. The van der Waals surface area contributed by atoms with Gasteiger partial charge in [0, 0.05) is 14.8 Å². The molecule has 0 atom stereocenters. The lowest BCUT2D eigenvalue weighted by molar-refractivity contribution is 0.384. The molecule has 1 aromatic carbocycles. The van der Waals surface area contributed by atoms with Crippen molar-refractivity contribution in [3.63, 3.8) is 0 Å². The van der Waals surface area contributed by atoms with Crippen LogP contribution in [0, 0.1) is 3.57 Å². The zero-order valence-electron chi connectivity index (χ0n) is 11.2. The predicted octanol–water partition coefficient (Wildman–Crippen LogP) is 3.31. The highest BCUT2D eigenvalue weighted by Crippen LogP contribution is 2.16. The molecule has 0 radical (unpaired) electrons. The van der Waals surface area contributed by atoms with Crippen molar-refractivity contribution in [2.24, 2.45) is 0 Å². The van der Waals surface area contributed by atoms with Crippen molar-refractivity contribution in [2.75, 3.05) is 5.32 Å². The largest absolute Gasteiger partial charge is 0.406 e. The monoisotopic (exact) mass is 372 g/mol. The van der Waals surface area contributed by atoms with Crippen molar-refractivity contribution >= 4 is 34.3 Å². The second-order valence-electron chi connectivity index (χ2n) is 5.24. The van der Waals surface area contributed by atoms with Crippen LogP contribution < -0.4 is 10.6 Å². The van der Waals surface area contributed by atoms with Crippen LogP contribution in [0.1, 0.15) is 26.7 Å².